The highest BCUT2D eigenvalue weighted by Crippen LogP contribution is 2.31. The molecule has 2 unspecified atom stereocenters. The number of carboxylic acid groups (broad SMARTS) is 1. The summed E-state index contributed by atoms with van der Waals surface area (Å²) in [5.74, 6) is 0.237. The Morgan fingerprint density at radius 1 is 0.795 bits per heavy atom. The van der Waals surface area contributed by atoms with Gasteiger partial charge in [0.25, 0.3) is 0 Å². The lowest BCUT2D eigenvalue weighted by molar-refractivity contribution is 0.0693. The molecule has 0 aliphatic carbocycles. The maximum Gasteiger partial charge on any atom is 0.345 e. The highest BCUT2D eigenvalue weighted by Gasteiger charge is 2.24. The molecular formula is C33H36N2O9. The largest absolute Gasteiger partial charge is 0.504 e. The number of carbonyl (C=O) groups is 2. The van der Waals surface area contributed by atoms with E-state index in [2.05, 4.69) is 9.97 Å². The monoisotopic (exact) mass is 604 g/mol. The summed E-state index contributed by atoms with van der Waals surface area (Å²) >= 11 is 0. The summed E-state index contributed by atoms with van der Waals surface area (Å²) in [5, 5.41) is 17.7. The molecule has 2 N–H and O–H groups in total. The molecule has 0 spiro atoms. The van der Waals surface area contributed by atoms with Crippen LogP contribution in [0.15, 0.2) is 85.5 Å². The molecular weight excluding hydrogens is 568 g/mol. The Balaban J connectivity index is 0.000000197. The van der Waals surface area contributed by atoms with Gasteiger partial charge in [-0.15, -0.1) is 0 Å². The fourth-order valence-electron chi connectivity index (χ4n) is 3.80. The number of benzene rings is 2. The standard InChI is InChI=1S/C16H15NO4.C10H12O3.C6H5NO2.CH4/c1-19-15-8-11(7-13-10-20-13)4-5-14(15)21-16(18)12-3-2-6-17-9-12;1-12-10-5-7(2-3-9(10)11)4-8-6-13-8;8-6(9)5-2-1-3-7-4-5;/h2-6,8-9,13H,7,10H2,1H3;2-3,5,8,11H,4,6H2,1H3;1-4H,(H,8,9);1H4. The van der Waals surface area contributed by atoms with Crippen LogP contribution >= 0.6 is 0 Å². The molecule has 2 aromatic carbocycles. The number of hydrogen-bond acceptors (Lipinski definition) is 10. The Morgan fingerprint density at radius 3 is 1.77 bits per heavy atom. The number of rotatable bonds is 9. The van der Waals surface area contributed by atoms with Gasteiger partial charge in [0.05, 0.1) is 50.8 Å². The lowest BCUT2D eigenvalue weighted by Crippen LogP contribution is -2.09. The van der Waals surface area contributed by atoms with Crippen LogP contribution in [-0.2, 0) is 22.3 Å². The van der Waals surface area contributed by atoms with E-state index in [1.54, 1.807) is 50.7 Å². The van der Waals surface area contributed by atoms with Crippen molar-refractivity contribution in [3.8, 4) is 23.0 Å². The van der Waals surface area contributed by atoms with Crippen LogP contribution in [-0.4, -0.2) is 71.8 Å². The van der Waals surface area contributed by atoms with Crippen LogP contribution in [0.1, 0.15) is 39.3 Å². The van der Waals surface area contributed by atoms with Crippen LogP contribution in [0.3, 0.4) is 0 Å². The fourth-order valence-corrected chi connectivity index (χ4v) is 3.80. The van der Waals surface area contributed by atoms with Gasteiger partial charge in [-0.2, -0.15) is 0 Å². The maximum absolute atomic E-state index is 12.0. The minimum Gasteiger partial charge on any atom is -0.504 e. The Hall–Kier alpha value is -5.00. The van der Waals surface area contributed by atoms with E-state index in [9.17, 15) is 14.7 Å². The molecule has 4 heterocycles. The third-order valence-electron chi connectivity index (χ3n) is 6.21. The SMILES string of the molecule is C.COc1cc(CC2CO2)ccc1O.COc1cc(CC2CO2)ccc1OC(=O)c1cccnc1.O=C(O)c1cccnc1. The third-order valence-corrected chi connectivity index (χ3v) is 6.21. The van der Waals surface area contributed by atoms with Crippen LogP contribution in [0.25, 0.3) is 0 Å². The van der Waals surface area contributed by atoms with Crippen LogP contribution in [0.4, 0.5) is 0 Å². The zero-order valence-corrected chi connectivity index (χ0v) is 23.7. The van der Waals surface area contributed by atoms with E-state index in [4.69, 9.17) is 28.8 Å². The Labute approximate surface area is 256 Å². The molecule has 0 radical (unpaired) electrons. The van der Waals surface area contributed by atoms with E-state index in [0.29, 0.717) is 35.0 Å². The average Bonchev–Trinajstić information content (AvgIpc) is 3.98. The van der Waals surface area contributed by atoms with Gasteiger partial charge < -0.3 is 33.9 Å². The lowest BCUT2D eigenvalue weighted by atomic mass is 10.1. The molecule has 6 rings (SSSR count). The number of phenolic OH excluding ortho intramolecular Hbond substituents is 1. The average molecular weight is 605 g/mol. The first-order valence-corrected chi connectivity index (χ1v) is 13.4. The number of epoxide rings is 2. The number of nitrogens with zero attached hydrogens (tertiary/aromatic N) is 2. The van der Waals surface area contributed by atoms with Crippen LogP contribution in [0, 0.1) is 0 Å². The van der Waals surface area contributed by atoms with Crippen molar-refractivity contribution in [1.82, 2.24) is 9.97 Å². The van der Waals surface area contributed by atoms with E-state index in [-0.39, 0.29) is 18.7 Å². The molecule has 2 saturated heterocycles. The summed E-state index contributed by atoms with van der Waals surface area (Å²) in [7, 11) is 3.10. The smallest absolute Gasteiger partial charge is 0.345 e. The predicted octanol–water partition coefficient (Wildman–Crippen LogP) is 5.01. The summed E-state index contributed by atoms with van der Waals surface area (Å²) < 4.78 is 26.0. The van der Waals surface area contributed by atoms with Crippen molar-refractivity contribution in [1.29, 1.82) is 0 Å². The van der Waals surface area contributed by atoms with Crippen molar-refractivity contribution in [2.75, 3.05) is 27.4 Å². The molecule has 2 aliphatic heterocycles. The molecule has 11 nitrogen and oxygen atoms in total. The molecule has 0 bridgehead atoms. The van der Waals surface area contributed by atoms with Gasteiger partial charge in [0.2, 0.25) is 0 Å². The van der Waals surface area contributed by atoms with E-state index < -0.39 is 11.9 Å². The molecule has 4 aromatic rings. The zero-order chi connectivity index (χ0) is 30.6. The van der Waals surface area contributed by atoms with E-state index in [0.717, 1.165) is 37.2 Å². The molecule has 2 atom stereocenters. The molecule has 44 heavy (non-hydrogen) atoms. The second-order valence-corrected chi connectivity index (χ2v) is 9.49. The number of aromatic carboxylic acids is 1. The van der Waals surface area contributed by atoms with Gasteiger partial charge >= 0.3 is 11.9 Å². The minimum absolute atomic E-state index is 0. The fraction of sp³-hybridized carbons (Fsp3) is 0.273. The molecule has 232 valence electrons. The number of methoxy groups -OCH3 is 2. The van der Waals surface area contributed by atoms with E-state index >= 15 is 0 Å². The quantitative estimate of drug-likeness (QED) is 0.151. The van der Waals surface area contributed by atoms with Crippen LogP contribution < -0.4 is 14.2 Å². The number of aromatic nitrogens is 2. The van der Waals surface area contributed by atoms with Crippen LogP contribution in [0.2, 0.25) is 0 Å². The van der Waals surface area contributed by atoms with Gasteiger partial charge in [0.1, 0.15) is 0 Å². The zero-order valence-electron chi connectivity index (χ0n) is 23.7. The summed E-state index contributed by atoms with van der Waals surface area (Å²) in [6.07, 6.45) is 8.32. The van der Waals surface area contributed by atoms with Gasteiger partial charge in [0, 0.05) is 37.6 Å². The van der Waals surface area contributed by atoms with Crippen molar-refractivity contribution >= 4 is 11.9 Å². The summed E-state index contributed by atoms with van der Waals surface area (Å²) in [6, 6.07) is 17.3. The second-order valence-electron chi connectivity index (χ2n) is 9.49. The number of pyridine rings is 2. The van der Waals surface area contributed by atoms with Gasteiger partial charge in [-0.05, 0) is 59.7 Å². The van der Waals surface area contributed by atoms with Crippen molar-refractivity contribution in [2.24, 2.45) is 0 Å². The predicted molar refractivity (Wildman–Crippen MR) is 162 cm³/mol. The number of hydrogen-bond donors (Lipinski definition) is 2. The summed E-state index contributed by atoms with van der Waals surface area (Å²) in [6.45, 7) is 1.66. The first-order chi connectivity index (χ1) is 20.9. The lowest BCUT2D eigenvalue weighted by Gasteiger charge is -2.10. The number of ether oxygens (including phenoxy) is 5. The highest BCUT2D eigenvalue weighted by molar-refractivity contribution is 5.91. The first-order valence-electron chi connectivity index (χ1n) is 13.4. The van der Waals surface area contributed by atoms with Crippen LogP contribution in [0.5, 0.6) is 23.0 Å². The first kappa shape index (κ1) is 33.5. The Kier molecular flexibility index (Phi) is 12.6. The number of carboxylic acids is 1. The highest BCUT2D eigenvalue weighted by atomic mass is 16.6. The molecule has 2 aromatic heterocycles. The summed E-state index contributed by atoms with van der Waals surface area (Å²) in [4.78, 5) is 29.7. The molecule has 2 fully saturated rings. The molecule has 0 saturated carbocycles. The van der Waals surface area contributed by atoms with Gasteiger partial charge in [-0.3, -0.25) is 9.97 Å². The van der Waals surface area contributed by atoms with Crippen molar-refractivity contribution in [3.05, 3.63) is 108 Å². The molecule has 0 amide bonds. The number of aromatic hydroxyl groups is 1. The third kappa shape index (κ3) is 10.7. The topological polar surface area (TPSA) is 153 Å². The number of carbonyl (C=O) groups excluding carboxylic acids is 1. The van der Waals surface area contributed by atoms with Gasteiger partial charge in [-0.1, -0.05) is 19.6 Å². The molecule has 11 heteroatoms. The number of phenols is 1. The Morgan fingerprint density at radius 2 is 1.32 bits per heavy atom. The number of esters is 1. The van der Waals surface area contributed by atoms with Crippen molar-refractivity contribution in [3.63, 3.8) is 0 Å². The van der Waals surface area contributed by atoms with Gasteiger partial charge in [-0.25, -0.2) is 9.59 Å². The second kappa shape index (κ2) is 16.6. The van der Waals surface area contributed by atoms with Gasteiger partial charge in [0.15, 0.2) is 23.0 Å². The van der Waals surface area contributed by atoms with Crippen molar-refractivity contribution < 1.29 is 43.5 Å². The van der Waals surface area contributed by atoms with E-state index in [1.807, 2.05) is 24.3 Å². The summed E-state index contributed by atoms with van der Waals surface area (Å²) in [5.41, 5.74) is 2.85. The maximum atomic E-state index is 12.0. The molecule has 2 aliphatic rings. The van der Waals surface area contributed by atoms with E-state index in [1.165, 1.54) is 24.7 Å². The Bertz CT molecular complexity index is 1490. The minimum atomic E-state index is -0.942. The normalized spacial score (nSPS) is 15.5. The van der Waals surface area contributed by atoms with Crippen molar-refractivity contribution in [2.45, 2.75) is 32.5 Å².